The molecule has 9 heteroatoms. The highest BCUT2D eigenvalue weighted by Crippen LogP contribution is 2.50. The Morgan fingerprint density at radius 1 is 0.966 bits per heavy atom. The molecular formula is C20H17BrO8. The van der Waals surface area contributed by atoms with Crippen molar-refractivity contribution in [3.05, 3.63) is 38.4 Å². The lowest BCUT2D eigenvalue weighted by Crippen LogP contribution is -2.25. The summed E-state index contributed by atoms with van der Waals surface area (Å²) in [5.41, 5.74) is -1.86. The van der Waals surface area contributed by atoms with Gasteiger partial charge in [0.05, 0.1) is 36.5 Å². The highest BCUT2D eigenvalue weighted by Gasteiger charge is 2.41. The number of ether oxygens (including phenoxy) is 2. The van der Waals surface area contributed by atoms with E-state index in [1.54, 1.807) is 6.92 Å². The van der Waals surface area contributed by atoms with E-state index in [-0.39, 0.29) is 39.1 Å². The van der Waals surface area contributed by atoms with Crippen molar-refractivity contribution in [2.75, 3.05) is 14.2 Å². The number of phenolic OH excluding ortho intramolecular Hbond substituents is 3. The summed E-state index contributed by atoms with van der Waals surface area (Å²) in [6.45, 7) is 1.74. The minimum absolute atomic E-state index is 0.000315. The lowest BCUT2D eigenvalue weighted by molar-refractivity contribution is 0.0950. The third kappa shape index (κ3) is 2.84. The van der Waals surface area contributed by atoms with Gasteiger partial charge >= 0.3 is 0 Å². The molecule has 3 N–H and O–H groups in total. The summed E-state index contributed by atoms with van der Waals surface area (Å²) in [6, 6.07) is 1.21. The first kappa shape index (κ1) is 20.7. The molecule has 29 heavy (non-hydrogen) atoms. The molecule has 2 aromatic carbocycles. The molecule has 8 nitrogen and oxygen atoms in total. The van der Waals surface area contributed by atoms with Crippen molar-refractivity contribution in [1.29, 1.82) is 0 Å². The van der Waals surface area contributed by atoms with Crippen LogP contribution in [-0.4, -0.2) is 46.9 Å². The minimum atomic E-state index is -0.892. The van der Waals surface area contributed by atoms with Gasteiger partial charge in [-0.15, -0.1) is 0 Å². The van der Waals surface area contributed by atoms with E-state index < -0.39 is 45.7 Å². The zero-order valence-electron chi connectivity index (χ0n) is 15.8. The first-order valence-electron chi connectivity index (χ1n) is 8.58. The largest absolute Gasteiger partial charge is 0.506 e. The average molecular weight is 465 g/mol. The van der Waals surface area contributed by atoms with Crippen LogP contribution in [0, 0.1) is 0 Å². The number of phenols is 3. The molecule has 0 bridgehead atoms. The summed E-state index contributed by atoms with van der Waals surface area (Å²) in [7, 11) is 2.54. The first-order valence-corrected chi connectivity index (χ1v) is 9.38. The molecule has 152 valence electrons. The van der Waals surface area contributed by atoms with Crippen molar-refractivity contribution in [1.82, 2.24) is 0 Å². The Morgan fingerprint density at radius 2 is 1.62 bits per heavy atom. The van der Waals surface area contributed by atoms with E-state index in [0.29, 0.717) is 6.42 Å². The van der Waals surface area contributed by atoms with Crippen molar-refractivity contribution in [2.24, 2.45) is 0 Å². The second-order valence-corrected chi connectivity index (χ2v) is 7.14. The van der Waals surface area contributed by atoms with Crippen LogP contribution in [0.1, 0.15) is 62.0 Å². The molecule has 0 saturated heterocycles. The molecule has 0 aliphatic heterocycles. The highest BCUT2D eigenvalue weighted by molar-refractivity contribution is 9.10. The zero-order chi connectivity index (χ0) is 21.6. The number of benzene rings is 2. The number of rotatable bonds is 5. The number of carbonyl (C=O) groups excluding carboxylic acids is 3. The Labute approximate surface area is 173 Å². The van der Waals surface area contributed by atoms with E-state index in [0.717, 1.165) is 0 Å². The predicted octanol–water partition coefficient (Wildman–Crippen LogP) is 3.34. The van der Waals surface area contributed by atoms with Gasteiger partial charge in [0, 0.05) is 12.0 Å². The van der Waals surface area contributed by atoms with E-state index in [1.165, 1.54) is 20.3 Å². The number of hydrogen-bond donors (Lipinski definition) is 3. The van der Waals surface area contributed by atoms with Crippen LogP contribution in [0.2, 0.25) is 0 Å². The Morgan fingerprint density at radius 3 is 2.17 bits per heavy atom. The fourth-order valence-corrected chi connectivity index (χ4v) is 3.81. The predicted molar refractivity (Wildman–Crippen MR) is 105 cm³/mol. The molecule has 0 spiro atoms. The van der Waals surface area contributed by atoms with Gasteiger partial charge in [-0.2, -0.15) is 0 Å². The van der Waals surface area contributed by atoms with E-state index in [4.69, 9.17) is 9.47 Å². The molecule has 0 atom stereocenters. The van der Waals surface area contributed by atoms with E-state index in [2.05, 4.69) is 15.9 Å². The molecule has 1 aliphatic carbocycles. The van der Waals surface area contributed by atoms with Crippen LogP contribution in [0.15, 0.2) is 10.5 Å². The molecule has 0 aromatic heterocycles. The number of ketones is 3. The zero-order valence-corrected chi connectivity index (χ0v) is 17.3. The third-order valence-electron chi connectivity index (χ3n) is 4.72. The molecule has 2 aromatic rings. The van der Waals surface area contributed by atoms with Gasteiger partial charge in [-0.1, -0.05) is 6.92 Å². The van der Waals surface area contributed by atoms with Crippen molar-refractivity contribution in [3.63, 3.8) is 0 Å². The van der Waals surface area contributed by atoms with Gasteiger partial charge in [-0.25, -0.2) is 0 Å². The highest BCUT2D eigenvalue weighted by atomic mass is 79.9. The number of fused-ring (bicyclic) bond motifs is 2. The molecule has 1 aliphatic rings. The van der Waals surface area contributed by atoms with Gasteiger partial charge in [-0.3, -0.25) is 14.4 Å². The van der Waals surface area contributed by atoms with Crippen LogP contribution in [0.4, 0.5) is 0 Å². The van der Waals surface area contributed by atoms with Gasteiger partial charge in [0.25, 0.3) is 0 Å². The van der Waals surface area contributed by atoms with Gasteiger partial charge in [0.1, 0.15) is 16.0 Å². The fraction of sp³-hybridized carbons (Fsp3) is 0.250. The van der Waals surface area contributed by atoms with Gasteiger partial charge in [-0.05, 0) is 28.4 Å². The second kappa shape index (κ2) is 7.40. The number of methoxy groups -OCH3 is 2. The number of hydrogen-bond acceptors (Lipinski definition) is 8. The summed E-state index contributed by atoms with van der Waals surface area (Å²) in [4.78, 5) is 39.1. The van der Waals surface area contributed by atoms with Gasteiger partial charge in [0.2, 0.25) is 11.5 Å². The molecule has 3 rings (SSSR count). The maximum atomic E-state index is 13.3. The van der Waals surface area contributed by atoms with E-state index in [9.17, 15) is 29.7 Å². The van der Waals surface area contributed by atoms with Crippen LogP contribution in [0.3, 0.4) is 0 Å². The van der Waals surface area contributed by atoms with Crippen molar-refractivity contribution < 1.29 is 39.2 Å². The SMILES string of the molecule is CCCC(=O)c1c(O)c(Br)c(O)c2c1C(=O)c1cc(OC)c(OC)c(O)c1C2=O. The molecule has 0 amide bonds. The maximum Gasteiger partial charge on any atom is 0.203 e. The lowest BCUT2D eigenvalue weighted by atomic mass is 9.79. The standard InChI is InChI=1S/C20H17BrO8/c1-4-5-8(22)11-12-13(18(26)14(21)17(11)25)16(24)10-7(15(12)23)6-9(28-2)20(29-3)19(10)27/h6,25-27H,4-5H2,1-3H3. The van der Waals surface area contributed by atoms with E-state index in [1.807, 2.05) is 0 Å². The lowest BCUT2D eigenvalue weighted by Gasteiger charge is -2.24. The number of Topliss-reactive ketones (excluding diaryl/α,β-unsaturated/α-hetero) is 1. The van der Waals surface area contributed by atoms with Crippen LogP contribution < -0.4 is 9.47 Å². The van der Waals surface area contributed by atoms with Gasteiger partial charge in [0.15, 0.2) is 23.1 Å². The third-order valence-corrected chi connectivity index (χ3v) is 5.47. The minimum Gasteiger partial charge on any atom is -0.506 e. The number of carbonyl (C=O) groups is 3. The normalized spacial score (nSPS) is 12.4. The summed E-state index contributed by atoms with van der Waals surface area (Å²) in [6.07, 6.45) is 0.457. The second-order valence-electron chi connectivity index (χ2n) is 6.35. The van der Waals surface area contributed by atoms with Crippen molar-refractivity contribution >= 4 is 33.3 Å². The molecule has 0 fully saturated rings. The summed E-state index contributed by atoms with van der Waals surface area (Å²) >= 11 is 2.96. The fourth-order valence-electron chi connectivity index (χ4n) is 3.41. The quantitative estimate of drug-likeness (QED) is 0.490. The Bertz CT molecular complexity index is 1090. The first-order chi connectivity index (χ1) is 13.7. The van der Waals surface area contributed by atoms with E-state index >= 15 is 0 Å². The molecule has 0 radical (unpaired) electrons. The number of halogens is 1. The maximum absolute atomic E-state index is 13.3. The number of aromatic hydroxyl groups is 3. The molecule has 0 heterocycles. The van der Waals surface area contributed by atoms with Gasteiger partial charge < -0.3 is 24.8 Å². The molecular weight excluding hydrogens is 448 g/mol. The molecule has 0 saturated carbocycles. The Kier molecular flexibility index (Phi) is 5.27. The van der Waals surface area contributed by atoms with Crippen LogP contribution in [0.25, 0.3) is 0 Å². The smallest absolute Gasteiger partial charge is 0.203 e. The summed E-state index contributed by atoms with van der Waals surface area (Å²) < 4.78 is 9.89. The Balaban J connectivity index is 2.45. The average Bonchev–Trinajstić information content (AvgIpc) is 2.69. The monoisotopic (exact) mass is 464 g/mol. The van der Waals surface area contributed by atoms with Crippen LogP contribution in [-0.2, 0) is 0 Å². The summed E-state index contributed by atoms with van der Waals surface area (Å²) in [5.74, 6) is -4.39. The summed E-state index contributed by atoms with van der Waals surface area (Å²) in [5, 5.41) is 31.4. The van der Waals surface area contributed by atoms with Crippen LogP contribution in [0.5, 0.6) is 28.7 Å². The topological polar surface area (TPSA) is 130 Å². The van der Waals surface area contributed by atoms with Crippen molar-refractivity contribution in [3.8, 4) is 28.7 Å². The van der Waals surface area contributed by atoms with Crippen molar-refractivity contribution in [2.45, 2.75) is 19.8 Å². The Hall–Kier alpha value is -3.07. The molecule has 0 unspecified atom stereocenters. The van der Waals surface area contributed by atoms with Crippen LogP contribution >= 0.6 is 15.9 Å².